The third-order valence-corrected chi connectivity index (χ3v) is 3.97. The Morgan fingerprint density at radius 2 is 2.05 bits per heavy atom. The Hall–Kier alpha value is -1.75. The van der Waals surface area contributed by atoms with E-state index >= 15 is 0 Å². The number of halogens is 1. The van der Waals surface area contributed by atoms with E-state index < -0.39 is 0 Å². The highest BCUT2D eigenvalue weighted by Gasteiger charge is 2.28. The molecule has 0 saturated carbocycles. The second-order valence-corrected chi connectivity index (χ2v) is 5.59. The Kier molecular flexibility index (Phi) is 6.52. The fraction of sp³-hybridized carbons (Fsp3) is 0.500. The first kappa shape index (κ1) is 16.6. The van der Waals surface area contributed by atoms with Gasteiger partial charge in [-0.25, -0.2) is 4.79 Å². The highest BCUT2D eigenvalue weighted by atomic mass is 35.5. The van der Waals surface area contributed by atoms with Crippen molar-refractivity contribution in [3.63, 3.8) is 0 Å². The molecule has 5 nitrogen and oxygen atoms in total. The van der Waals surface area contributed by atoms with Gasteiger partial charge in [-0.05, 0) is 24.8 Å². The van der Waals surface area contributed by atoms with Crippen molar-refractivity contribution >= 4 is 23.6 Å². The first-order valence-corrected chi connectivity index (χ1v) is 8.04. The molecule has 120 valence electrons. The van der Waals surface area contributed by atoms with Crippen molar-refractivity contribution in [1.82, 2.24) is 10.2 Å². The number of piperidine rings is 1. The van der Waals surface area contributed by atoms with E-state index in [9.17, 15) is 9.59 Å². The number of ether oxygens (including phenoxy) is 1. The van der Waals surface area contributed by atoms with Gasteiger partial charge in [0.15, 0.2) is 0 Å². The van der Waals surface area contributed by atoms with Crippen LogP contribution in [-0.2, 0) is 16.1 Å². The molecular formula is C16H21ClN2O3. The molecule has 1 fully saturated rings. The fourth-order valence-electron chi connectivity index (χ4n) is 2.53. The zero-order chi connectivity index (χ0) is 15.8. The van der Waals surface area contributed by atoms with Crippen LogP contribution < -0.4 is 5.32 Å². The van der Waals surface area contributed by atoms with Crippen molar-refractivity contribution in [3.8, 4) is 0 Å². The largest absolute Gasteiger partial charge is 0.445 e. The number of nitrogens with one attached hydrogen (secondary N) is 1. The van der Waals surface area contributed by atoms with Crippen LogP contribution in [0.1, 0.15) is 24.8 Å². The lowest BCUT2D eigenvalue weighted by molar-refractivity contribution is -0.119. The van der Waals surface area contributed by atoms with E-state index in [0.717, 1.165) is 24.8 Å². The van der Waals surface area contributed by atoms with Crippen LogP contribution in [0.25, 0.3) is 0 Å². The van der Waals surface area contributed by atoms with Gasteiger partial charge in [-0.1, -0.05) is 30.3 Å². The normalized spacial score (nSPS) is 17.9. The van der Waals surface area contributed by atoms with E-state index in [-0.39, 0.29) is 30.5 Å². The summed E-state index contributed by atoms with van der Waals surface area (Å²) in [6.45, 7) is 1.35. The van der Waals surface area contributed by atoms with Gasteiger partial charge in [-0.15, -0.1) is 11.6 Å². The molecule has 0 aliphatic carbocycles. The van der Waals surface area contributed by atoms with Crippen molar-refractivity contribution in [3.05, 3.63) is 35.9 Å². The third kappa shape index (κ3) is 4.91. The average Bonchev–Trinajstić information content (AvgIpc) is 2.58. The van der Waals surface area contributed by atoms with Crippen LogP contribution in [0.3, 0.4) is 0 Å². The minimum Gasteiger partial charge on any atom is -0.445 e. The molecular weight excluding hydrogens is 304 g/mol. The maximum Gasteiger partial charge on any atom is 0.410 e. The molecule has 1 saturated heterocycles. The summed E-state index contributed by atoms with van der Waals surface area (Å²) in [7, 11) is 0. The molecule has 1 aromatic carbocycles. The van der Waals surface area contributed by atoms with Crippen LogP contribution in [0.2, 0.25) is 0 Å². The van der Waals surface area contributed by atoms with Gasteiger partial charge in [-0.3, -0.25) is 4.79 Å². The fourth-order valence-corrected chi connectivity index (χ4v) is 2.63. The Balaban J connectivity index is 1.86. The molecule has 1 heterocycles. The number of amides is 2. The molecule has 2 amide bonds. The number of rotatable bonds is 5. The summed E-state index contributed by atoms with van der Waals surface area (Å²) in [5.74, 6) is -0.282. The quantitative estimate of drug-likeness (QED) is 0.847. The van der Waals surface area contributed by atoms with Crippen molar-refractivity contribution < 1.29 is 14.3 Å². The van der Waals surface area contributed by atoms with Crippen LogP contribution in [0.4, 0.5) is 4.79 Å². The summed E-state index contributed by atoms with van der Waals surface area (Å²) in [6.07, 6.45) is 2.54. The van der Waals surface area contributed by atoms with E-state index in [1.54, 1.807) is 4.90 Å². The average molecular weight is 325 g/mol. The number of alkyl halides is 1. The number of nitrogens with zero attached hydrogens (tertiary/aromatic N) is 1. The molecule has 0 spiro atoms. The first-order valence-electron chi connectivity index (χ1n) is 7.50. The van der Waals surface area contributed by atoms with Crippen molar-refractivity contribution in [2.45, 2.75) is 31.9 Å². The van der Waals surface area contributed by atoms with Gasteiger partial charge in [0.25, 0.3) is 0 Å². The Morgan fingerprint density at radius 1 is 1.27 bits per heavy atom. The van der Waals surface area contributed by atoms with Crippen LogP contribution in [-0.4, -0.2) is 41.9 Å². The Labute approximate surface area is 135 Å². The number of hydrogen-bond acceptors (Lipinski definition) is 3. The number of benzene rings is 1. The van der Waals surface area contributed by atoms with E-state index in [1.165, 1.54) is 0 Å². The Bertz CT molecular complexity index is 495. The van der Waals surface area contributed by atoms with Crippen LogP contribution >= 0.6 is 11.6 Å². The molecule has 2 rings (SSSR count). The molecule has 1 N–H and O–H groups in total. The maximum absolute atomic E-state index is 12.3. The van der Waals surface area contributed by atoms with Crippen LogP contribution in [0.5, 0.6) is 0 Å². The lowest BCUT2D eigenvalue weighted by Crippen LogP contribution is -2.49. The summed E-state index contributed by atoms with van der Waals surface area (Å²) in [5.41, 5.74) is 0.958. The zero-order valence-electron chi connectivity index (χ0n) is 12.5. The van der Waals surface area contributed by atoms with Crippen molar-refractivity contribution in [2.24, 2.45) is 0 Å². The van der Waals surface area contributed by atoms with Gasteiger partial charge in [0.1, 0.15) is 12.5 Å². The molecule has 22 heavy (non-hydrogen) atoms. The topological polar surface area (TPSA) is 58.6 Å². The van der Waals surface area contributed by atoms with Crippen LogP contribution in [0.15, 0.2) is 30.3 Å². The second kappa shape index (κ2) is 8.63. The molecule has 1 aromatic rings. The SMILES string of the molecule is O=C(CCl)NC[C@H]1CCCCN1C(=O)OCc1ccccc1. The number of likely N-dealkylation sites (tertiary alicyclic amines) is 1. The standard InChI is InChI=1S/C16H21ClN2O3/c17-10-15(20)18-11-14-8-4-5-9-19(14)16(21)22-12-13-6-2-1-3-7-13/h1-3,6-7,14H,4-5,8-12H2,(H,18,20)/t14-/m1/s1. The van der Waals surface area contributed by atoms with Gasteiger partial charge < -0.3 is 15.0 Å². The van der Waals surface area contributed by atoms with Crippen molar-refractivity contribution in [2.75, 3.05) is 19.0 Å². The van der Waals surface area contributed by atoms with E-state index in [1.807, 2.05) is 30.3 Å². The molecule has 1 aliphatic heterocycles. The van der Waals surface area contributed by atoms with Gasteiger partial charge >= 0.3 is 6.09 Å². The summed E-state index contributed by atoms with van der Waals surface area (Å²) in [6, 6.07) is 9.56. The third-order valence-electron chi connectivity index (χ3n) is 3.72. The van der Waals surface area contributed by atoms with Gasteiger partial charge in [0.2, 0.25) is 5.91 Å². The van der Waals surface area contributed by atoms with Gasteiger partial charge in [-0.2, -0.15) is 0 Å². The molecule has 6 heteroatoms. The molecule has 1 aliphatic rings. The number of hydrogen-bond donors (Lipinski definition) is 1. The van der Waals surface area contributed by atoms with Crippen molar-refractivity contribution in [1.29, 1.82) is 0 Å². The molecule has 1 atom stereocenters. The van der Waals surface area contributed by atoms with E-state index in [4.69, 9.17) is 16.3 Å². The predicted molar refractivity (Wildman–Crippen MR) is 84.7 cm³/mol. The summed E-state index contributed by atoms with van der Waals surface area (Å²) in [4.78, 5) is 25.2. The molecule has 0 unspecified atom stereocenters. The number of carbonyl (C=O) groups excluding carboxylic acids is 2. The first-order chi connectivity index (χ1) is 10.7. The van der Waals surface area contributed by atoms with Gasteiger partial charge in [0.05, 0.1) is 6.04 Å². The zero-order valence-corrected chi connectivity index (χ0v) is 13.2. The second-order valence-electron chi connectivity index (χ2n) is 5.32. The molecule has 0 aromatic heterocycles. The van der Waals surface area contributed by atoms with Crippen LogP contribution in [0, 0.1) is 0 Å². The highest BCUT2D eigenvalue weighted by Crippen LogP contribution is 2.18. The van der Waals surface area contributed by atoms with Gasteiger partial charge in [0, 0.05) is 13.1 Å². The monoisotopic (exact) mass is 324 g/mol. The highest BCUT2D eigenvalue weighted by molar-refractivity contribution is 6.27. The van der Waals surface area contributed by atoms with E-state index in [2.05, 4.69) is 5.32 Å². The minimum absolute atomic E-state index is 0.0239. The summed E-state index contributed by atoms with van der Waals surface area (Å²) in [5, 5.41) is 2.74. The maximum atomic E-state index is 12.3. The Morgan fingerprint density at radius 3 is 2.77 bits per heavy atom. The summed E-state index contributed by atoms with van der Waals surface area (Å²) >= 11 is 5.47. The lowest BCUT2D eigenvalue weighted by atomic mass is 10.0. The van der Waals surface area contributed by atoms with E-state index in [0.29, 0.717) is 13.1 Å². The smallest absolute Gasteiger partial charge is 0.410 e. The molecule has 0 radical (unpaired) electrons. The summed E-state index contributed by atoms with van der Waals surface area (Å²) < 4.78 is 5.38. The molecule has 0 bridgehead atoms. The predicted octanol–water partition coefficient (Wildman–Crippen LogP) is 2.53. The minimum atomic E-state index is -0.325. The lowest BCUT2D eigenvalue weighted by Gasteiger charge is -2.34. The number of carbonyl (C=O) groups is 2.